The summed E-state index contributed by atoms with van der Waals surface area (Å²) in [7, 11) is 1.32. The maximum Gasteiger partial charge on any atom is 0.337 e. The Balaban J connectivity index is 1.77. The summed E-state index contributed by atoms with van der Waals surface area (Å²) >= 11 is 0. The predicted molar refractivity (Wildman–Crippen MR) is 116 cm³/mol. The number of hydrogen-bond acceptors (Lipinski definition) is 5. The fourth-order valence-electron chi connectivity index (χ4n) is 3.16. The second kappa shape index (κ2) is 10.0. The Hall–Kier alpha value is -3.19. The van der Waals surface area contributed by atoms with Gasteiger partial charge in [0, 0.05) is 17.9 Å². The van der Waals surface area contributed by atoms with Crippen LogP contribution in [-0.2, 0) is 9.47 Å². The lowest BCUT2D eigenvalue weighted by molar-refractivity contribution is 0.0600. The molecule has 1 saturated heterocycles. The molecule has 0 aliphatic carbocycles. The summed E-state index contributed by atoms with van der Waals surface area (Å²) in [5.41, 5.74) is 3.90. The molecule has 7 nitrogen and oxygen atoms in total. The second-order valence-corrected chi connectivity index (χ2v) is 7.22. The van der Waals surface area contributed by atoms with Gasteiger partial charge in [-0.1, -0.05) is 12.1 Å². The molecule has 0 unspecified atom stereocenters. The van der Waals surface area contributed by atoms with Crippen molar-refractivity contribution in [1.29, 1.82) is 0 Å². The topological polar surface area (TPSA) is 89.0 Å². The SMILES string of the molecule is COC(=O)c1ccc(C(=O)NC(=NC[C@H]2CCCO2)Nc2cccc(C)c2C)cc1. The number of methoxy groups -OCH3 is 1. The van der Waals surface area contributed by atoms with Crippen LogP contribution in [0.5, 0.6) is 0 Å². The minimum absolute atomic E-state index is 0.0663. The zero-order valence-corrected chi connectivity index (χ0v) is 17.5. The Kier molecular flexibility index (Phi) is 7.19. The molecule has 1 fully saturated rings. The molecule has 0 spiro atoms. The highest BCUT2D eigenvalue weighted by Crippen LogP contribution is 2.18. The van der Waals surface area contributed by atoms with E-state index < -0.39 is 5.97 Å². The van der Waals surface area contributed by atoms with Gasteiger partial charge in [-0.25, -0.2) is 9.79 Å². The number of carbonyl (C=O) groups is 2. The van der Waals surface area contributed by atoms with Crippen molar-refractivity contribution in [3.05, 3.63) is 64.7 Å². The molecule has 0 radical (unpaired) electrons. The number of nitrogens with one attached hydrogen (secondary N) is 2. The molecule has 2 aromatic carbocycles. The molecular weight excluding hydrogens is 382 g/mol. The van der Waals surface area contributed by atoms with E-state index in [9.17, 15) is 9.59 Å². The highest BCUT2D eigenvalue weighted by atomic mass is 16.5. The van der Waals surface area contributed by atoms with E-state index in [0.717, 1.165) is 36.3 Å². The third-order valence-electron chi connectivity index (χ3n) is 5.13. The Bertz CT molecular complexity index is 932. The zero-order valence-electron chi connectivity index (χ0n) is 17.5. The molecule has 30 heavy (non-hydrogen) atoms. The number of esters is 1. The summed E-state index contributed by atoms with van der Waals surface area (Å²) in [6.45, 7) is 5.27. The fourth-order valence-corrected chi connectivity index (χ4v) is 3.16. The molecule has 2 N–H and O–H groups in total. The number of aryl methyl sites for hydroxylation is 1. The molecule has 1 heterocycles. The summed E-state index contributed by atoms with van der Waals surface area (Å²) in [6, 6.07) is 12.2. The van der Waals surface area contributed by atoms with Gasteiger partial charge in [-0.3, -0.25) is 10.1 Å². The fraction of sp³-hybridized carbons (Fsp3) is 0.348. The quantitative estimate of drug-likeness (QED) is 0.448. The standard InChI is InChI=1S/C23H27N3O4/c1-15-6-4-8-20(16(15)2)25-23(24-14-19-7-5-13-30-19)26-21(27)17-9-11-18(12-10-17)22(28)29-3/h4,6,8-12,19H,5,7,13-14H2,1-3H3,(H2,24,25,26,27)/t19-/m1/s1. The Morgan fingerprint density at radius 3 is 2.53 bits per heavy atom. The molecule has 158 valence electrons. The first kappa shape index (κ1) is 21.5. The summed E-state index contributed by atoms with van der Waals surface area (Å²) in [6.07, 6.45) is 2.05. The Morgan fingerprint density at radius 1 is 1.13 bits per heavy atom. The van der Waals surface area contributed by atoms with Crippen molar-refractivity contribution in [2.45, 2.75) is 32.8 Å². The first-order chi connectivity index (χ1) is 14.5. The summed E-state index contributed by atoms with van der Waals surface area (Å²) in [5, 5.41) is 6.08. The lowest BCUT2D eigenvalue weighted by Gasteiger charge is -2.16. The van der Waals surface area contributed by atoms with Crippen molar-refractivity contribution in [1.82, 2.24) is 5.32 Å². The molecule has 1 amide bonds. The molecule has 0 aromatic heterocycles. The van der Waals surface area contributed by atoms with Gasteiger partial charge in [-0.15, -0.1) is 0 Å². The molecule has 1 aliphatic heterocycles. The smallest absolute Gasteiger partial charge is 0.337 e. The van der Waals surface area contributed by atoms with Crippen LogP contribution in [-0.4, -0.2) is 44.2 Å². The minimum atomic E-state index is -0.447. The van der Waals surface area contributed by atoms with Crippen LogP contribution >= 0.6 is 0 Å². The first-order valence-corrected chi connectivity index (χ1v) is 9.97. The van der Waals surface area contributed by atoms with Crippen LogP contribution < -0.4 is 10.6 Å². The molecule has 0 saturated carbocycles. The highest BCUT2D eigenvalue weighted by Gasteiger charge is 2.17. The molecule has 2 aromatic rings. The van der Waals surface area contributed by atoms with Crippen molar-refractivity contribution in [2.75, 3.05) is 25.6 Å². The molecular formula is C23H27N3O4. The van der Waals surface area contributed by atoms with E-state index in [1.54, 1.807) is 24.3 Å². The average Bonchev–Trinajstić information content (AvgIpc) is 3.28. The predicted octanol–water partition coefficient (Wildman–Crippen LogP) is 3.47. The Labute approximate surface area is 176 Å². The number of rotatable bonds is 5. The van der Waals surface area contributed by atoms with Crippen LogP contribution in [0.2, 0.25) is 0 Å². The number of aliphatic imine (C=N–C) groups is 1. The third kappa shape index (κ3) is 5.45. The van der Waals surface area contributed by atoms with Crippen molar-refractivity contribution in [2.24, 2.45) is 4.99 Å². The van der Waals surface area contributed by atoms with Crippen LogP contribution in [0.1, 0.15) is 44.7 Å². The lowest BCUT2D eigenvalue weighted by Crippen LogP contribution is -2.37. The minimum Gasteiger partial charge on any atom is -0.465 e. The van der Waals surface area contributed by atoms with Gasteiger partial charge in [0.25, 0.3) is 5.91 Å². The van der Waals surface area contributed by atoms with Crippen molar-refractivity contribution in [3.8, 4) is 0 Å². The third-order valence-corrected chi connectivity index (χ3v) is 5.13. The van der Waals surface area contributed by atoms with E-state index in [1.165, 1.54) is 7.11 Å². The van der Waals surface area contributed by atoms with Crippen molar-refractivity contribution in [3.63, 3.8) is 0 Å². The van der Waals surface area contributed by atoms with E-state index in [1.807, 2.05) is 32.0 Å². The van der Waals surface area contributed by atoms with Crippen molar-refractivity contribution < 1.29 is 19.1 Å². The zero-order chi connectivity index (χ0) is 21.5. The normalized spacial score (nSPS) is 16.2. The van der Waals surface area contributed by atoms with Gasteiger partial charge in [0.15, 0.2) is 0 Å². The number of benzene rings is 2. The van der Waals surface area contributed by atoms with Crippen LogP contribution in [0.25, 0.3) is 0 Å². The summed E-state index contributed by atoms with van der Waals surface area (Å²) in [4.78, 5) is 28.9. The van der Waals surface area contributed by atoms with Gasteiger partial charge in [0.2, 0.25) is 5.96 Å². The molecule has 1 aliphatic rings. The van der Waals surface area contributed by atoms with Crippen LogP contribution in [0.4, 0.5) is 5.69 Å². The number of hydrogen-bond donors (Lipinski definition) is 2. The van der Waals surface area contributed by atoms with E-state index in [-0.39, 0.29) is 12.0 Å². The molecule has 3 rings (SSSR count). The van der Waals surface area contributed by atoms with Gasteiger partial charge in [0.1, 0.15) is 0 Å². The second-order valence-electron chi connectivity index (χ2n) is 7.22. The molecule has 1 atom stereocenters. The van der Waals surface area contributed by atoms with Gasteiger partial charge in [-0.2, -0.15) is 0 Å². The van der Waals surface area contributed by atoms with E-state index >= 15 is 0 Å². The summed E-state index contributed by atoms with van der Waals surface area (Å²) < 4.78 is 10.3. The van der Waals surface area contributed by atoms with Crippen LogP contribution in [0.3, 0.4) is 0 Å². The van der Waals surface area contributed by atoms with E-state index in [2.05, 4.69) is 20.4 Å². The van der Waals surface area contributed by atoms with Gasteiger partial charge in [0.05, 0.1) is 25.3 Å². The maximum absolute atomic E-state index is 12.8. The highest BCUT2D eigenvalue weighted by molar-refractivity contribution is 6.10. The number of carbonyl (C=O) groups excluding carboxylic acids is 2. The molecule has 7 heteroatoms. The number of anilines is 1. The number of ether oxygens (including phenoxy) is 2. The Morgan fingerprint density at radius 2 is 1.87 bits per heavy atom. The average molecular weight is 409 g/mol. The largest absolute Gasteiger partial charge is 0.465 e. The monoisotopic (exact) mass is 409 g/mol. The van der Waals surface area contributed by atoms with Crippen molar-refractivity contribution >= 4 is 23.5 Å². The van der Waals surface area contributed by atoms with E-state index in [4.69, 9.17) is 4.74 Å². The summed E-state index contributed by atoms with van der Waals surface area (Å²) in [5.74, 6) is -0.408. The van der Waals surface area contributed by atoms with Crippen LogP contribution in [0.15, 0.2) is 47.5 Å². The number of nitrogens with zero attached hydrogens (tertiary/aromatic N) is 1. The molecule has 0 bridgehead atoms. The van der Waals surface area contributed by atoms with Gasteiger partial charge < -0.3 is 14.8 Å². The first-order valence-electron chi connectivity index (χ1n) is 9.97. The number of guanidine groups is 1. The van der Waals surface area contributed by atoms with Gasteiger partial charge >= 0.3 is 5.97 Å². The maximum atomic E-state index is 12.8. The van der Waals surface area contributed by atoms with E-state index in [0.29, 0.717) is 23.6 Å². The van der Waals surface area contributed by atoms with Crippen LogP contribution in [0, 0.1) is 13.8 Å². The lowest BCUT2D eigenvalue weighted by atomic mass is 10.1. The number of amides is 1. The van der Waals surface area contributed by atoms with Gasteiger partial charge in [-0.05, 0) is 68.1 Å².